The summed E-state index contributed by atoms with van der Waals surface area (Å²) in [4.78, 5) is 12.3. The number of carbonyl (C=O) groups excluding carboxylic acids is 1. The molecule has 0 fully saturated rings. The van der Waals surface area contributed by atoms with Crippen LogP contribution in [0.25, 0.3) is 0 Å². The van der Waals surface area contributed by atoms with Crippen LogP contribution in [0, 0.1) is 5.92 Å². The molecule has 2 aromatic rings. The van der Waals surface area contributed by atoms with E-state index in [1.807, 2.05) is 41.3 Å². The molecule has 5 heteroatoms. The van der Waals surface area contributed by atoms with Crippen molar-refractivity contribution in [2.75, 3.05) is 6.61 Å². The van der Waals surface area contributed by atoms with Gasteiger partial charge in [-0.25, -0.2) is 0 Å². The minimum Gasteiger partial charge on any atom is -0.492 e. The molecule has 1 amide bonds. The number of hydrogen-bond donors (Lipinski definition) is 1. The summed E-state index contributed by atoms with van der Waals surface area (Å²) in [7, 11) is 0. The van der Waals surface area contributed by atoms with Crippen molar-refractivity contribution in [1.29, 1.82) is 0 Å². The molecule has 0 spiro atoms. The Morgan fingerprint density at radius 1 is 1.45 bits per heavy atom. The highest BCUT2D eigenvalue weighted by atomic mass is 16.5. The number of rotatable bonds is 5. The van der Waals surface area contributed by atoms with E-state index in [9.17, 15) is 4.79 Å². The molecule has 0 unspecified atom stereocenters. The largest absolute Gasteiger partial charge is 0.492 e. The van der Waals surface area contributed by atoms with E-state index in [1.54, 1.807) is 0 Å². The molecule has 1 atom stereocenters. The molecule has 1 aliphatic rings. The Kier molecular flexibility index (Phi) is 4.42. The normalized spacial score (nSPS) is 16.7. The first kappa shape index (κ1) is 14.6. The van der Waals surface area contributed by atoms with Gasteiger partial charge in [-0.05, 0) is 24.5 Å². The van der Waals surface area contributed by atoms with Gasteiger partial charge in [0.05, 0.1) is 12.1 Å². The number of fused-ring (bicyclic) bond motifs is 1. The molecule has 0 aliphatic carbocycles. The van der Waals surface area contributed by atoms with E-state index in [1.165, 1.54) is 0 Å². The molecule has 2 heterocycles. The monoisotopic (exact) mass is 299 g/mol. The molecule has 1 aromatic heterocycles. The molecular formula is C17H21N3O2. The zero-order valence-electron chi connectivity index (χ0n) is 12.8. The van der Waals surface area contributed by atoms with Crippen LogP contribution in [0.1, 0.15) is 24.5 Å². The molecule has 22 heavy (non-hydrogen) atoms. The number of aryl methyl sites for hydroxylation is 1. The van der Waals surface area contributed by atoms with Crippen LogP contribution in [-0.2, 0) is 24.3 Å². The highest BCUT2D eigenvalue weighted by molar-refractivity contribution is 5.79. The second-order valence-corrected chi connectivity index (χ2v) is 5.65. The van der Waals surface area contributed by atoms with Gasteiger partial charge in [-0.15, -0.1) is 0 Å². The third-order valence-corrected chi connectivity index (χ3v) is 3.86. The number of nitrogens with one attached hydrogen (secondary N) is 1. The van der Waals surface area contributed by atoms with Gasteiger partial charge in [0.1, 0.15) is 12.4 Å². The fourth-order valence-electron chi connectivity index (χ4n) is 2.68. The van der Waals surface area contributed by atoms with Crippen molar-refractivity contribution in [3.05, 3.63) is 47.8 Å². The van der Waals surface area contributed by atoms with Gasteiger partial charge in [0, 0.05) is 24.8 Å². The lowest BCUT2D eigenvalue weighted by Gasteiger charge is -2.24. The van der Waals surface area contributed by atoms with Gasteiger partial charge in [0.2, 0.25) is 5.91 Å². The number of carbonyl (C=O) groups is 1. The minimum atomic E-state index is -0.124. The van der Waals surface area contributed by atoms with Crippen molar-refractivity contribution in [1.82, 2.24) is 15.1 Å². The molecular weight excluding hydrogens is 278 g/mol. The number of aromatic nitrogens is 2. The van der Waals surface area contributed by atoms with Crippen molar-refractivity contribution in [2.45, 2.75) is 32.9 Å². The zero-order chi connectivity index (χ0) is 15.4. The Morgan fingerprint density at radius 2 is 2.32 bits per heavy atom. The highest BCUT2D eigenvalue weighted by Crippen LogP contribution is 2.26. The van der Waals surface area contributed by atoms with Crippen LogP contribution in [0.3, 0.4) is 0 Å². The first-order chi connectivity index (χ1) is 10.8. The van der Waals surface area contributed by atoms with Crippen LogP contribution in [-0.4, -0.2) is 22.3 Å². The molecule has 1 aromatic carbocycles. The number of benzene rings is 1. The third-order valence-electron chi connectivity index (χ3n) is 3.86. The van der Waals surface area contributed by atoms with Crippen molar-refractivity contribution >= 4 is 5.91 Å². The summed E-state index contributed by atoms with van der Waals surface area (Å²) in [6, 6.07) is 7.90. The Bertz CT molecular complexity index is 651. The van der Waals surface area contributed by atoms with E-state index in [-0.39, 0.29) is 11.8 Å². The molecule has 0 radical (unpaired) electrons. The van der Waals surface area contributed by atoms with Crippen LogP contribution in [0.15, 0.2) is 36.7 Å². The van der Waals surface area contributed by atoms with Crippen LogP contribution < -0.4 is 10.1 Å². The first-order valence-electron chi connectivity index (χ1n) is 7.76. The SMILES string of the molecule is CCCn1cc(CNC(=O)[C@H]2COc3ccccc3C2)cn1. The van der Waals surface area contributed by atoms with Gasteiger partial charge in [-0.3, -0.25) is 9.48 Å². The fraction of sp³-hybridized carbons (Fsp3) is 0.412. The molecule has 0 saturated heterocycles. The van der Waals surface area contributed by atoms with E-state index in [4.69, 9.17) is 4.74 Å². The molecule has 0 bridgehead atoms. The lowest BCUT2D eigenvalue weighted by atomic mass is 9.96. The minimum absolute atomic E-state index is 0.0396. The summed E-state index contributed by atoms with van der Waals surface area (Å²) in [5, 5.41) is 7.25. The van der Waals surface area contributed by atoms with Crippen LogP contribution in [0.4, 0.5) is 0 Å². The topological polar surface area (TPSA) is 56.2 Å². The lowest BCUT2D eigenvalue weighted by Crippen LogP contribution is -2.36. The number of para-hydroxylation sites is 1. The number of hydrogen-bond acceptors (Lipinski definition) is 3. The smallest absolute Gasteiger partial charge is 0.227 e. The average molecular weight is 299 g/mol. The predicted octanol–water partition coefficient (Wildman–Crippen LogP) is 2.16. The average Bonchev–Trinajstić information content (AvgIpc) is 3.00. The second-order valence-electron chi connectivity index (χ2n) is 5.65. The second kappa shape index (κ2) is 6.64. The Morgan fingerprint density at radius 3 is 3.18 bits per heavy atom. The quantitative estimate of drug-likeness (QED) is 0.920. The van der Waals surface area contributed by atoms with Crippen LogP contribution in [0.5, 0.6) is 5.75 Å². The maximum absolute atomic E-state index is 12.3. The van der Waals surface area contributed by atoms with Gasteiger partial charge in [0.15, 0.2) is 0 Å². The van der Waals surface area contributed by atoms with Crippen LogP contribution >= 0.6 is 0 Å². The van der Waals surface area contributed by atoms with Crippen molar-refractivity contribution < 1.29 is 9.53 Å². The predicted molar refractivity (Wildman–Crippen MR) is 83.5 cm³/mol. The summed E-state index contributed by atoms with van der Waals surface area (Å²) in [6.07, 6.45) is 5.57. The summed E-state index contributed by atoms with van der Waals surface area (Å²) in [5.74, 6) is 0.811. The Balaban J connectivity index is 1.54. The molecule has 1 N–H and O–H groups in total. The zero-order valence-corrected chi connectivity index (χ0v) is 12.8. The molecule has 3 rings (SSSR count). The van der Waals surface area contributed by atoms with E-state index < -0.39 is 0 Å². The molecule has 116 valence electrons. The molecule has 1 aliphatic heterocycles. The fourth-order valence-corrected chi connectivity index (χ4v) is 2.68. The van der Waals surface area contributed by atoms with Crippen LogP contribution in [0.2, 0.25) is 0 Å². The Labute approximate surface area is 130 Å². The van der Waals surface area contributed by atoms with Gasteiger partial charge in [-0.1, -0.05) is 25.1 Å². The third kappa shape index (κ3) is 3.30. The first-order valence-corrected chi connectivity index (χ1v) is 7.76. The summed E-state index contributed by atoms with van der Waals surface area (Å²) < 4.78 is 7.57. The van der Waals surface area contributed by atoms with Gasteiger partial charge < -0.3 is 10.1 Å². The summed E-state index contributed by atoms with van der Waals surface area (Å²) in [6.45, 7) is 3.98. The van der Waals surface area contributed by atoms with Crippen molar-refractivity contribution in [3.63, 3.8) is 0 Å². The van der Waals surface area contributed by atoms with E-state index in [0.717, 1.165) is 36.3 Å². The summed E-state index contributed by atoms with van der Waals surface area (Å²) >= 11 is 0. The van der Waals surface area contributed by atoms with E-state index in [2.05, 4.69) is 17.3 Å². The maximum Gasteiger partial charge on any atom is 0.227 e. The van der Waals surface area contributed by atoms with Gasteiger partial charge in [0.25, 0.3) is 0 Å². The molecule has 0 saturated carbocycles. The van der Waals surface area contributed by atoms with Gasteiger partial charge >= 0.3 is 0 Å². The van der Waals surface area contributed by atoms with E-state index >= 15 is 0 Å². The number of ether oxygens (including phenoxy) is 1. The Hall–Kier alpha value is -2.30. The standard InChI is InChI=1S/C17H21N3O2/c1-2-7-20-11-13(10-19-20)9-18-17(21)15-8-14-5-3-4-6-16(14)22-12-15/h3-6,10-11,15H,2,7-9,12H2,1H3,(H,18,21)/t15-/m1/s1. The lowest BCUT2D eigenvalue weighted by molar-refractivity contribution is -0.126. The number of amides is 1. The molecule has 5 nitrogen and oxygen atoms in total. The maximum atomic E-state index is 12.3. The van der Waals surface area contributed by atoms with Crippen molar-refractivity contribution in [2.24, 2.45) is 5.92 Å². The van der Waals surface area contributed by atoms with E-state index in [0.29, 0.717) is 13.2 Å². The number of nitrogens with zero attached hydrogens (tertiary/aromatic N) is 2. The highest BCUT2D eigenvalue weighted by Gasteiger charge is 2.25. The summed E-state index contributed by atoms with van der Waals surface area (Å²) in [5.41, 5.74) is 2.13. The van der Waals surface area contributed by atoms with Gasteiger partial charge in [-0.2, -0.15) is 5.10 Å². The van der Waals surface area contributed by atoms with Crippen molar-refractivity contribution in [3.8, 4) is 5.75 Å².